The molecule has 0 saturated carbocycles. The molecule has 1 heterocycles. The van der Waals surface area contributed by atoms with Crippen LogP contribution < -0.4 is 4.74 Å². The number of carboxylic acids is 1. The van der Waals surface area contributed by atoms with E-state index in [2.05, 4.69) is 4.98 Å². The first-order valence-corrected chi connectivity index (χ1v) is 7.58. The van der Waals surface area contributed by atoms with Crippen molar-refractivity contribution in [2.75, 3.05) is 7.11 Å². The SMILES string of the molecule is COc1ccc2c(CC(=O)O)c(C(=O)c3cccc(Cl)c3)[nH]c2c1. The summed E-state index contributed by atoms with van der Waals surface area (Å²) < 4.78 is 5.17. The first kappa shape index (κ1) is 16.1. The quantitative estimate of drug-likeness (QED) is 0.692. The van der Waals surface area contributed by atoms with E-state index in [-0.39, 0.29) is 17.9 Å². The van der Waals surface area contributed by atoms with E-state index < -0.39 is 5.97 Å². The normalized spacial score (nSPS) is 10.8. The Labute approximate surface area is 142 Å². The summed E-state index contributed by atoms with van der Waals surface area (Å²) in [7, 11) is 1.54. The fraction of sp³-hybridized carbons (Fsp3) is 0.111. The molecule has 0 radical (unpaired) electrons. The Kier molecular flexibility index (Phi) is 4.27. The Hall–Kier alpha value is -2.79. The molecule has 24 heavy (non-hydrogen) atoms. The van der Waals surface area contributed by atoms with Gasteiger partial charge in [0.15, 0.2) is 0 Å². The third-order valence-electron chi connectivity index (χ3n) is 3.76. The Balaban J connectivity index is 2.18. The van der Waals surface area contributed by atoms with E-state index in [9.17, 15) is 14.7 Å². The van der Waals surface area contributed by atoms with Crippen LogP contribution in [0.3, 0.4) is 0 Å². The van der Waals surface area contributed by atoms with Crippen LogP contribution in [-0.2, 0) is 11.2 Å². The molecule has 6 heteroatoms. The number of H-pyrrole nitrogens is 1. The number of hydrogen-bond donors (Lipinski definition) is 2. The van der Waals surface area contributed by atoms with Crippen LogP contribution in [-0.4, -0.2) is 29.0 Å². The van der Waals surface area contributed by atoms with Crippen LogP contribution in [0.2, 0.25) is 5.02 Å². The minimum Gasteiger partial charge on any atom is -0.497 e. The lowest BCUT2D eigenvalue weighted by atomic mass is 10.0. The maximum absolute atomic E-state index is 12.8. The largest absolute Gasteiger partial charge is 0.497 e. The molecule has 0 atom stereocenters. The fourth-order valence-corrected chi connectivity index (χ4v) is 2.85. The lowest BCUT2D eigenvalue weighted by Gasteiger charge is -2.03. The average molecular weight is 344 g/mol. The second-order valence-electron chi connectivity index (χ2n) is 5.30. The number of fused-ring (bicyclic) bond motifs is 1. The Bertz CT molecular complexity index is 945. The summed E-state index contributed by atoms with van der Waals surface area (Å²) in [6, 6.07) is 11.8. The lowest BCUT2D eigenvalue weighted by molar-refractivity contribution is -0.136. The van der Waals surface area contributed by atoms with Gasteiger partial charge in [-0.25, -0.2) is 0 Å². The van der Waals surface area contributed by atoms with E-state index in [1.807, 2.05) is 0 Å². The minimum atomic E-state index is -1.01. The first-order valence-electron chi connectivity index (χ1n) is 7.20. The number of aliphatic carboxylic acids is 1. The van der Waals surface area contributed by atoms with Crippen LogP contribution in [0.25, 0.3) is 10.9 Å². The molecule has 0 fully saturated rings. The minimum absolute atomic E-state index is 0.253. The van der Waals surface area contributed by atoms with Gasteiger partial charge in [0.25, 0.3) is 0 Å². The van der Waals surface area contributed by atoms with Crippen LogP contribution in [0, 0.1) is 0 Å². The summed E-state index contributed by atoms with van der Waals surface area (Å²) in [5, 5.41) is 10.3. The maximum atomic E-state index is 12.8. The standard InChI is InChI=1S/C18H14ClNO4/c1-24-12-5-6-13-14(9-16(21)22)17(20-15(13)8-12)18(23)10-3-2-4-11(19)7-10/h2-8,20H,9H2,1H3,(H,21,22). The summed E-state index contributed by atoms with van der Waals surface area (Å²) in [6.07, 6.45) is -0.256. The second-order valence-corrected chi connectivity index (χ2v) is 5.74. The van der Waals surface area contributed by atoms with Crippen molar-refractivity contribution in [2.45, 2.75) is 6.42 Å². The van der Waals surface area contributed by atoms with Gasteiger partial charge in [-0.15, -0.1) is 0 Å². The molecule has 0 aliphatic carbocycles. The van der Waals surface area contributed by atoms with Crippen molar-refractivity contribution in [3.05, 3.63) is 64.3 Å². The Morgan fingerprint density at radius 1 is 1.21 bits per heavy atom. The van der Waals surface area contributed by atoms with Crippen LogP contribution in [0.15, 0.2) is 42.5 Å². The molecule has 0 bridgehead atoms. The van der Waals surface area contributed by atoms with Gasteiger partial charge in [-0.2, -0.15) is 0 Å². The second kappa shape index (κ2) is 6.37. The van der Waals surface area contributed by atoms with Crippen molar-refractivity contribution in [3.8, 4) is 5.75 Å². The molecule has 0 saturated heterocycles. The van der Waals surface area contributed by atoms with Crippen LogP contribution in [0.5, 0.6) is 5.75 Å². The molecule has 0 aliphatic rings. The predicted molar refractivity (Wildman–Crippen MR) is 91.1 cm³/mol. The molecule has 0 unspecified atom stereocenters. The topological polar surface area (TPSA) is 79.4 Å². The number of methoxy groups -OCH3 is 1. The lowest BCUT2D eigenvalue weighted by Crippen LogP contribution is -2.08. The Morgan fingerprint density at radius 3 is 2.67 bits per heavy atom. The highest BCUT2D eigenvalue weighted by molar-refractivity contribution is 6.31. The number of nitrogens with one attached hydrogen (secondary N) is 1. The number of rotatable bonds is 5. The van der Waals surface area contributed by atoms with Crippen LogP contribution >= 0.6 is 11.6 Å². The molecule has 5 nitrogen and oxygen atoms in total. The van der Waals surface area contributed by atoms with E-state index in [0.717, 1.165) is 0 Å². The first-order chi connectivity index (χ1) is 11.5. The van der Waals surface area contributed by atoms with Crippen LogP contribution in [0.4, 0.5) is 0 Å². The molecule has 2 N–H and O–H groups in total. The predicted octanol–water partition coefficient (Wildman–Crippen LogP) is 3.69. The van der Waals surface area contributed by atoms with Gasteiger partial charge in [-0.1, -0.05) is 23.7 Å². The molecular formula is C18H14ClNO4. The van der Waals surface area contributed by atoms with Crippen molar-refractivity contribution in [2.24, 2.45) is 0 Å². The van der Waals surface area contributed by atoms with Crippen molar-refractivity contribution < 1.29 is 19.4 Å². The van der Waals surface area contributed by atoms with E-state index >= 15 is 0 Å². The van der Waals surface area contributed by atoms with Crippen molar-refractivity contribution in [3.63, 3.8) is 0 Å². The summed E-state index contributed by atoms with van der Waals surface area (Å²) in [4.78, 5) is 27.1. The fourth-order valence-electron chi connectivity index (χ4n) is 2.66. The molecule has 3 rings (SSSR count). The third kappa shape index (κ3) is 2.98. The van der Waals surface area contributed by atoms with Gasteiger partial charge in [0, 0.05) is 33.1 Å². The van der Waals surface area contributed by atoms with Crippen molar-refractivity contribution in [1.82, 2.24) is 4.98 Å². The van der Waals surface area contributed by atoms with Gasteiger partial charge in [-0.3, -0.25) is 9.59 Å². The number of hydrogen-bond acceptors (Lipinski definition) is 3. The molecule has 1 aromatic heterocycles. The molecule has 0 spiro atoms. The Morgan fingerprint density at radius 2 is 2.00 bits per heavy atom. The van der Waals surface area contributed by atoms with Crippen LogP contribution in [0.1, 0.15) is 21.6 Å². The third-order valence-corrected chi connectivity index (χ3v) is 3.99. The number of aromatic nitrogens is 1. The highest BCUT2D eigenvalue weighted by atomic mass is 35.5. The zero-order valence-corrected chi connectivity index (χ0v) is 13.6. The number of ketones is 1. The number of ether oxygens (including phenoxy) is 1. The average Bonchev–Trinajstić information content (AvgIpc) is 2.91. The van der Waals surface area contributed by atoms with E-state index in [1.165, 1.54) is 0 Å². The van der Waals surface area contributed by atoms with Crippen molar-refractivity contribution >= 4 is 34.3 Å². The molecule has 2 aromatic carbocycles. The number of benzene rings is 2. The van der Waals surface area contributed by atoms with Crippen molar-refractivity contribution in [1.29, 1.82) is 0 Å². The molecule has 0 amide bonds. The molecule has 0 aliphatic heterocycles. The number of halogens is 1. The van der Waals surface area contributed by atoms with Gasteiger partial charge in [-0.05, 0) is 24.3 Å². The highest BCUT2D eigenvalue weighted by Gasteiger charge is 2.21. The van der Waals surface area contributed by atoms with E-state index in [4.69, 9.17) is 16.3 Å². The molecule has 3 aromatic rings. The highest BCUT2D eigenvalue weighted by Crippen LogP contribution is 2.28. The van der Waals surface area contributed by atoms with Gasteiger partial charge in [0.1, 0.15) is 5.75 Å². The van der Waals surface area contributed by atoms with Gasteiger partial charge < -0.3 is 14.8 Å². The van der Waals surface area contributed by atoms with E-state index in [1.54, 1.807) is 49.6 Å². The smallest absolute Gasteiger partial charge is 0.307 e. The molecular weight excluding hydrogens is 330 g/mol. The van der Waals surface area contributed by atoms with Gasteiger partial charge in [0.05, 0.1) is 19.2 Å². The monoisotopic (exact) mass is 343 g/mol. The van der Waals surface area contributed by atoms with Gasteiger partial charge >= 0.3 is 5.97 Å². The maximum Gasteiger partial charge on any atom is 0.307 e. The number of carboxylic acid groups (broad SMARTS) is 1. The molecule has 122 valence electrons. The number of carbonyl (C=O) groups excluding carboxylic acids is 1. The number of aromatic amines is 1. The zero-order chi connectivity index (χ0) is 17.3. The summed E-state index contributed by atoms with van der Waals surface area (Å²) in [5.74, 6) is -0.692. The van der Waals surface area contributed by atoms with E-state index in [0.29, 0.717) is 32.8 Å². The summed E-state index contributed by atoms with van der Waals surface area (Å²) >= 11 is 5.95. The summed E-state index contributed by atoms with van der Waals surface area (Å²) in [5.41, 5.74) is 1.75. The number of carbonyl (C=O) groups is 2. The zero-order valence-electron chi connectivity index (χ0n) is 12.8. The summed E-state index contributed by atoms with van der Waals surface area (Å²) in [6.45, 7) is 0. The van der Waals surface area contributed by atoms with Gasteiger partial charge in [0.2, 0.25) is 5.78 Å².